The number of phosphoric acid groups is 2. The molecular weight excluding hydrogens is 1150 g/mol. The Balaban J connectivity index is 5.27. The molecule has 2 unspecified atom stereocenters. The Morgan fingerprint density at radius 2 is 0.621 bits per heavy atom. The third-order valence-corrected chi connectivity index (χ3v) is 17.1. The number of carbonyl (C=O) groups excluding carboxylic acids is 4. The molecule has 0 aromatic heterocycles. The van der Waals surface area contributed by atoms with Crippen LogP contribution in [0.2, 0.25) is 0 Å². The van der Waals surface area contributed by atoms with Crippen LogP contribution >= 0.6 is 15.6 Å². The van der Waals surface area contributed by atoms with Crippen molar-refractivity contribution in [1.29, 1.82) is 0 Å². The zero-order valence-electron chi connectivity index (χ0n) is 55.6. The summed E-state index contributed by atoms with van der Waals surface area (Å²) < 4.78 is 68.1. The van der Waals surface area contributed by atoms with Gasteiger partial charge in [0.05, 0.1) is 26.4 Å². The maximum Gasteiger partial charge on any atom is 0.472 e. The van der Waals surface area contributed by atoms with Gasteiger partial charge in [0.1, 0.15) is 19.3 Å². The summed E-state index contributed by atoms with van der Waals surface area (Å²) in [5, 5.41) is 10.6. The normalized spacial score (nSPS) is 14.3. The van der Waals surface area contributed by atoms with Crippen molar-refractivity contribution in [3.8, 4) is 0 Å². The number of rotatable bonds is 66. The van der Waals surface area contributed by atoms with Crippen molar-refractivity contribution in [2.75, 3.05) is 39.6 Å². The van der Waals surface area contributed by atoms with Gasteiger partial charge in [0.15, 0.2) is 12.2 Å². The van der Waals surface area contributed by atoms with Crippen molar-refractivity contribution in [3.05, 3.63) is 24.3 Å². The largest absolute Gasteiger partial charge is 0.472 e. The predicted octanol–water partition coefficient (Wildman–Crippen LogP) is 18.9. The first-order chi connectivity index (χ1) is 42.0. The van der Waals surface area contributed by atoms with Crippen molar-refractivity contribution in [1.82, 2.24) is 0 Å². The molecule has 0 aliphatic carbocycles. The van der Waals surface area contributed by atoms with Crippen LogP contribution in [0.25, 0.3) is 0 Å². The smallest absolute Gasteiger partial charge is 0.462 e. The Hall–Kier alpha value is -2.46. The van der Waals surface area contributed by atoms with E-state index < -0.39 is 97.5 Å². The van der Waals surface area contributed by atoms with Gasteiger partial charge in [-0.25, -0.2) is 9.13 Å². The first-order valence-electron chi connectivity index (χ1n) is 35.0. The molecule has 0 radical (unpaired) electrons. The third kappa shape index (κ3) is 62.1. The average molecular weight is 1280 g/mol. The number of aliphatic hydroxyl groups excluding tert-OH is 1. The van der Waals surface area contributed by atoms with Gasteiger partial charge in [0.25, 0.3) is 0 Å². The van der Waals surface area contributed by atoms with E-state index in [1.165, 1.54) is 128 Å². The van der Waals surface area contributed by atoms with Gasteiger partial charge in [-0.15, -0.1) is 0 Å². The van der Waals surface area contributed by atoms with E-state index in [9.17, 15) is 43.2 Å². The number of phosphoric ester groups is 2. The third-order valence-electron chi connectivity index (χ3n) is 15.2. The lowest BCUT2D eigenvalue weighted by Crippen LogP contribution is -2.30. The van der Waals surface area contributed by atoms with E-state index in [0.717, 1.165) is 115 Å². The lowest BCUT2D eigenvalue weighted by Gasteiger charge is -2.21. The van der Waals surface area contributed by atoms with Gasteiger partial charge < -0.3 is 33.8 Å². The van der Waals surface area contributed by atoms with Crippen molar-refractivity contribution >= 4 is 39.5 Å². The zero-order chi connectivity index (χ0) is 64.2. The minimum Gasteiger partial charge on any atom is -0.462 e. The molecule has 87 heavy (non-hydrogen) atoms. The van der Waals surface area contributed by atoms with E-state index in [2.05, 4.69) is 58.9 Å². The van der Waals surface area contributed by atoms with E-state index in [4.69, 9.17) is 37.0 Å². The van der Waals surface area contributed by atoms with Gasteiger partial charge in [-0.1, -0.05) is 271 Å². The number of unbranched alkanes of at least 4 members (excludes halogenated alkanes) is 35. The molecule has 0 saturated heterocycles. The minimum absolute atomic E-state index is 0.0853. The fraction of sp³-hybridized carbons (Fsp3) is 0.882. The lowest BCUT2D eigenvalue weighted by molar-refractivity contribution is -0.161. The number of ether oxygens (including phenoxy) is 4. The Bertz CT molecular complexity index is 1780. The van der Waals surface area contributed by atoms with Crippen molar-refractivity contribution in [2.45, 2.75) is 342 Å². The fourth-order valence-electron chi connectivity index (χ4n) is 9.75. The summed E-state index contributed by atoms with van der Waals surface area (Å²) in [5.74, 6) is -1.44. The molecule has 0 aliphatic heterocycles. The summed E-state index contributed by atoms with van der Waals surface area (Å²) >= 11 is 0. The molecule has 0 heterocycles. The second-order valence-corrected chi connectivity index (χ2v) is 27.3. The number of hydrogen-bond acceptors (Lipinski definition) is 15. The molecule has 0 spiro atoms. The van der Waals surface area contributed by atoms with Gasteiger partial charge >= 0.3 is 39.5 Å². The summed E-state index contributed by atoms with van der Waals surface area (Å²) in [7, 11) is -9.90. The Kier molecular flexibility index (Phi) is 59.3. The molecular formula is C68H128O17P2. The van der Waals surface area contributed by atoms with Crippen LogP contribution in [-0.2, 0) is 65.4 Å². The van der Waals surface area contributed by atoms with Crippen LogP contribution in [0.1, 0.15) is 324 Å². The van der Waals surface area contributed by atoms with Crippen LogP contribution in [0.5, 0.6) is 0 Å². The summed E-state index contributed by atoms with van der Waals surface area (Å²) in [6.07, 6.45) is 49.4. The van der Waals surface area contributed by atoms with E-state index in [-0.39, 0.29) is 25.7 Å². The highest BCUT2D eigenvalue weighted by Crippen LogP contribution is 2.45. The highest BCUT2D eigenvalue weighted by Gasteiger charge is 2.30. The highest BCUT2D eigenvalue weighted by molar-refractivity contribution is 7.47. The second-order valence-electron chi connectivity index (χ2n) is 24.4. The maximum atomic E-state index is 13.0. The summed E-state index contributed by atoms with van der Waals surface area (Å²) in [6, 6.07) is 0. The SMILES string of the molecule is CCCCCC/C=C\C=C/CCCCCCCC(=O)O[C@H](COC(=O)CCCCCCCCCCCCCCC)COP(=O)(O)OC[C@@H](O)COP(=O)(O)OC[C@@H](COC(=O)CCCCCCCCCC)OC(=O)CCCCCCCCCCC(C)C. The van der Waals surface area contributed by atoms with Gasteiger partial charge in [-0.3, -0.25) is 37.3 Å². The predicted molar refractivity (Wildman–Crippen MR) is 349 cm³/mol. The van der Waals surface area contributed by atoms with Crippen molar-refractivity contribution in [2.24, 2.45) is 5.92 Å². The monoisotopic (exact) mass is 1280 g/mol. The molecule has 3 N–H and O–H groups in total. The van der Waals surface area contributed by atoms with E-state index in [1.54, 1.807) is 0 Å². The number of aliphatic hydroxyl groups is 1. The lowest BCUT2D eigenvalue weighted by atomic mass is 10.0. The van der Waals surface area contributed by atoms with Gasteiger partial charge in [-0.05, 0) is 57.3 Å². The van der Waals surface area contributed by atoms with E-state index in [1.807, 2.05) is 0 Å². The Morgan fingerprint density at radius 3 is 0.943 bits per heavy atom. The Morgan fingerprint density at radius 1 is 0.356 bits per heavy atom. The molecule has 19 heteroatoms. The van der Waals surface area contributed by atoms with Crippen LogP contribution < -0.4 is 0 Å². The first-order valence-corrected chi connectivity index (χ1v) is 37.9. The summed E-state index contributed by atoms with van der Waals surface area (Å²) in [4.78, 5) is 72.3. The quantitative estimate of drug-likeness (QED) is 0.0169. The number of hydrogen-bond donors (Lipinski definition) is 3. The van der Waals surface area contributed by atoms with Crippen LogP contribution in [0.15, 0.2) is 24.3 Å². The maximum absolute atomic E-state index is 13.0. The summed E-state index contributed by atoms with van der Waals surface area (Å²) in [6.45, 7) is 7.09. The number of carbonyl (C=O) groups is 4. The Labute approximate surface area is 529 Å². The molecule has 0 bridgehead atoms. The molecule has 0 fully saturated rings. The molecule has 0 aromatic rings. The molecule has 0 saturated carbocycles. The van der Waals surface area contributed by atoms with Gasteiger partial charge in [0.2, 0.25) is 0 Å². The molecule has 512 valence electrons. The van der Waals surface area contributed by atoms with Crippen molar-refractivity contribution in [3.63, 3.8) is 0 Å². The molecule has 0 aromatic carbocycles. The van der Waals surface area contributed by atoms with E-state index in [0.29, 0.717) is 25.7 Å². The summed E-state index contributed by atoms with van der Waals surface area (Å²) in [5.41, 5.74) is 0. The minimum atomic E-state index is -4.96. The van der Waals surface area contributed by atoms with Crippen LogP contribution in [0.4, 0.5) is 0 Å². The molecule has 17 nitrogen and oxygen atoms in total. The molecule has 5 atom stereocenters. The average Bonchev–Trinajstić information content (AvgIpc) is 3.59. The fourth-order valence-corrected chi connectivity index (χ4v) is 11.3. The highest BCUT2D eigenvalue weighted by atomic mass is 31.2. The van der Waals surface area contributed by atoms with Gasteiger partial charge in [0, 0.05) is 25.7 Å². The van der Waals surface area contributed by atoms with Gasteiger partial charge in [-0.2, -0.15) is 0 Å². The van der Waals surface area contributed by atoms with E-state index >= 15 is 0 Å². The van der Waals surface area contributed by atoms with Crippen LogP contribution in [-0.4, -0.2) is 96.7 Å². The first kappa shape index (κ1) is 84.5. The van der Waals surface area contributed by atoms with Crippen LogP contribution in [0, 0.1) is 5.92 Å². The molecule has 0 amide bonds. The number of esters is 4. The standard InChI is InChI=1S/C68H128O17P2/c1-6-9-12-15-18-21-23-25-26-28-30-32-38-43-48-53-67(72)84-64(58-79-66(71)52-47-42-37-31-29-27-24-22-19-16-13-10-7-2)60-83-87(76,77)81-56-62(69)55-80-86(74,75)82-59-63(57-78-65(70)51-46-41-36-20-17-14-11-8-3)85-68(73)54-49-44-39-34-33-35-40-45-50-61(4)5/h21,23,25-26,61-64,69H,6-20,22,24,27-60H2,1-5H3,(H,74,75)(H,76,77)/b23-21-,26-25-/t62-,63+,64+/m0/s1. The molecule has 0 aliphatic rings. The number of allylic oxidation sites excluding steroid dienone is 4. The van der Waals surface area contributed by atoms with Crippen molar-refractivity contribution < 1.29 is 80.2 Å². The zero-order valence-corrected chi connectivity index (χ0v) is 57.4. The second kappa shape index (κ2) is 61.1. The van der Waals surface area contributed by atoms with Crippen LogP contribution in [0.3, 0.4) is 0 Å². The topological polar surface area (TPSA) is 237 Å². The molecule has 0 rings (SSSR count).